The molecule has 276 valence electrons. The topological polar surface area (TPSA) is 16.4 Å². The molecule has 0 N–H and O–H groups in total. The molecule has 0 atom stereocenters. The number of fused-ring (bicyclic) bond motifs is 13. The molecule has 0 fully saturated rings. The number of anilines is 3. The second-order valence-electron chi connectivity index (χ2n) is 17.2. The van der Waals surface area contributed by atoms with Crippen LogP contribution >= 0.6 is 0 Å². The van der Waals surface area contributed by atoms with Crippen molar-refractivity contribution in [1.82, 2.24) is 0 Å². The number of hydrogen-bond acceptors (Lipinski definition) is 2. The van der Waals surface area contributed by atoms with Crippen LogP contribution in [0.4, 0.5) is 17.1 Å². The van der Waals surface area contributed by atoms with Gasteiger partial charge in [0.25, 0.3) is 0 Å². The molecular formula is C56H41NO. The van der Waals surface area contributed by atoms with Crippen molar-refractivity contribution in [2.24, 2.45) is 0 Å². The monoisotopic (exact) mass is 743 g/mol. The highest BCUT2D eigenvalue weighted by Crippen LogP contribution is 2.60. The molecule has 0 aliphatic heterocycles. The second-order valence-corrected chi connectivity index (χ2v) is 17.2. The van der Waals surface area contributed by atoms with Crippen LogP contribution in [0.25, 0.3) is 76.9 Å². The van der Waals surface area contributed by atoms with Crippen molar-refractivity contribution in [1.29, 1.82) is 0 Å². The predicted octanol–water partition coefficient (Wildman–Crippen LogP) is 15.6. The van der Waals surface area contributed by atoms with E-state index in [-0.39, 0.29) is 10.8 Å². The van der Waals surface area contributed by atoms with Gasteiger partial charge in [-0.1, -0.05) is 167 Å². The smallest absolute Gasteiger partial charge is 0.136 e. The lowest BCUT2D eigenvalue weighted by Crippen LogP contribution is -2.18. The van der Waals surface area contributed by atoms with E-state index in [1.807, 2.05) is 6.07 Å². The normalized spacial score (nSPS) is 14.5. The lowest BCUT2D eigenvalue weighted by molar-refractivity contribution is 0.666. The number of furan rings is 1. The fourth-order valence-corrected chi connectivity index (χ4v) is 10.8. The van der Waals surface area contributed by atoms with Crippen LogP contribution in [0, 0.1) is 0 Å². The van der Waals surface area contributed by atoms with Gasteiger partial charge in [0.15, 0.2) is 0 Å². The van der Waals surface area contributed by atoms with Gasteiger partial charge in [-0.15, -0.1) is 0 Å². The van der Waals surface area contributed by atoms with Crippen LogP contribution in [0.3, 0.4) is 0 Å². The fourth-order valence-electron chi connectivity index (χ4n) is 10.8. The van der Waals surface area contributed by atoms with Crippen LogP contribution < -0.4 is 4.90 Å². The average molecular weight is 744 g/mol. The Morgan fingerprint density at radius 1 is 0.414 bits per heavy atom. The molecule has 0 unspecified atom stereocenters. The number of hydrogen-bond donors (Lipinski definition) is 0. The summed E-state index contributed by atoms with van der Waals surface area (Å²) in [6, 6.07) is 65.0. The second kappa shape index (κ2) is 11.8. The van der Waals surface area contributed by atoms with Crippen LogP contribution in [0.1, 0.15) is 49.9 Å². The highest BCUT2D eigenvalue weighted by Gasteiger charge is 2.42. The first-order chi connectivity index (χ1) is 28.3. The Morgan fingerprint density at radius 3 is 1.47 bits per heavy atom. The Balaban J connectivity index is 1.19. The van der Waals surface area contributed by atoms with Crippen LogP contribution in [0.5, 0.6) is 0 Å². The first-order valence-corrected chi connectivity index (χ1v) is 20.4. The minimum absolute atomic E-state index is 0.191. The molecule has 1 heterocycles. The fraction of sp³-hybridized carbons (Fsp3) is 0.107. The van der Waals surface area contributed by atoms with Gasteiger partial charge in [0.2, 0.25) is 0 Å². The summed E-state index contributed by atoms with van der Waals surface area (Å²) in [5.41, 5.74) is 18.0. The first-order valence-electron chi connectivity index (χ1n) is 20.4. The zero-order valence-corrected chi connectivity index (χ0v) is 33.1. The Kier molecular flexibility index (Phi) is 6.78. The van der Waals surface area contributed by atoms with Gasteiger partial charge >= 0.3 is 0 Å². The molecule has 10 aromatic rings. The molecule has 58 heavy (non-hydrogen) atoms. The van der Waals surface area contributed by atoms with E-state index in [0.717, 1.165) is 33.2 Å². The van der Waals surface area contributed by atoms with Crippen LogP contribution in [0.2, 0.25) is 0 Å². The van der Waals surface area contributed by atoms with Gasteiger partial charge in [-0.3, -0.25) is 0 Å². The number of nitrogens with zero attached hydrogens (tertiary/aromatic N) is 1. The van der Waals surface area contributed by atoms with Crippen molar-refractivity contribution in [3.05, 3.63) is 198 Å². The molecule has 12 rings (SSSR count). The molecule has 0 amide bonds. The highest BCUT2D eigenvalue weighted by atomic mass is 16.3. The van der Waals surface area contributed by atoms with Crippen molar-refractivity contribution in [3.8, 4) is 33.4 Å². The van der Waals surface area contributed by atoms with E-state index < -0.39 is 0 Å². The number of benzene rings is 9. The summed E-state index contributed by atoms with van der Waals surface area (Å²) in [4.78, 5) is 2.59. The van der Waals surface area contributed by atoms with E-state index in [1.165, 1.54) is 83.0 Å². The van der Waals surface area contributed by atoms with Gasteiger partial charge in [0.05, 0.1) is 11.4 Å². The Hall–Kier alpha value is -6.90. The molecule has 0 saturated heterocycles. The van der Waals surface area contributed by atoms with E-state index in [9.17, 15) is 0 Å². The molecular weight excluding hydrogens is 703 g/mol. The standard InChI is InChI=1S/C56H41NO/c1-55(2)44-24-12-9-20-41(44)51-46(32-35-16-5-7-18-39(35)53(51)55)57(37-30-28-34(29-31-37)38-23-15-27-49-50(38)43-22-11-14-26-48(43)58-49)47-33-36-17-6-8-19-40(36)54-52(47)42-21-10-13-25-45(42)56(54,3)4/h5-33H,1-4H3. The summed E-state index contributed by atoms with van der Waals surface area (Å²) in [6.07, 6.45) is 0. The maximum atomic E-state index is 6.33. The molecule has 0 radical (unpaired) electrons. The third-order valence-electron chi connectivity index (χ3n) is 13.4. The summed E-state index contributed by atoms with van der Waals surface area (Å²) < 4.78 is 6.33. The Bertz CT molecular complexity index is 3200. The molecule has 0 saturated carbocycles. The minimum atomic E-state index is -0.191. The lowest BCUT2D eigenvalue weighted by Gasteiger charge is -2.33. The largest absolute Gasteiger partial charge is 0.456 e. The Morgan fingerprint density at radius 2 is 0.879 bits per heavy atom. The quantitative estimate of drug-likeness (QED) is 0.178. The zero-order valence-electron chi connectivity index (χ0n) is 33.1. The summed E-state index contributed by atoms with van der Waals surface area (Å²) in [6.45, 7) is 9.61. The van der Waals surface area contributed by atoms with Crippen molar-refractivity contribution >= 4 is 60.5 Å². The maximum Gasteiger partial charge on any atom is 0.136 e. The van der Waals surface area contributed by atoms with Crippen molar-refractivity contribution in [2.45, 2.75) is 38.5 Å². The summed E-state index contributed by atoms with van der Waals surface area (Å²) >= 11 is 0. The van der Waals surface area contributed by atoms with E-state index in [0.29, 0.717) is 0 Å². The summed E-state index contributed by atoms with van der Waals surface area (Å²) in [7, 11) is 0. The predicted molar refractivity (Wildman–Crippen MR) is 244 cm³/mol. The zero-order chi connectivity index (χ0) is 38.9. The molecule has 2 nitrogen and oxygen atoms in total. The average Bonchev–Trinajstić information content (AvgIpc) is 3.84. The maximum absolute atomic E-state index is 6.33. The third-order valence-corrected chi connectivity index (χ3v) is 13.4. The van der Waals surface area contributed by atoms with Crippen molar-refractivity contribution < 1.29 is 4.42 Å². The number of para-hydroxylation sites is 1. The molecule has 0 bridgehead atoms. The van der Waals surface area contributed by atoms with Crippen LogP contribution in [-0.4, -0.2) is 0 Å². The molecule has 2 aliphatic rings. The number of rotatable bonds is 4. The SMILES string of the molecule is CC1(C)c2ccccc2-c2c(N(c3ccc(-c4cccc5oc6ccccc6c45)cc3)c3cc4ccccc4c4c3-c3ccccc3C4(C)C)cc3ccccc3c21. The van der Waals surface area contributed by atoms with E-state index in [1.54, 1.807) is 0 Å². The lowest BCUT2D eigenvalue weighted by atomic mass is 9.79. The minimum Gasteiger partial charge on any atom is -0.456 e. The molecule has 0 spiro atoms. The molecule has 2 heteroatoms. The van der Waals surface area contributed by atoms with Gasteiger partial charge in [0.1, 0.15) is 11.2 Å². The van der Waals surface area contributed by atoms with Crippen LogP contribution in [-0.2, 0) is 10.8 Å². The Labute approximate surface area is 338 Å². The van der Waals surface area contributed by atoms with Gasteiger partial charge in [-0.25, -0.2) is 0 Å². The van der Waals surface area contributed by atoms with E-state index >= 15 is 0 Å². The summed E-state index contributed by atoms with van der Waals surface area (Å²) in [5.74, 6) is 0. The van der Waals surface area contributed by atoms with Gasteiger partial charge in [0, 0.05) is 38.4 Å². The molecule has 9 aromatic carbocycles. The third kappa shape index (κ3) is 4.43. The van der Waals surface area contributed by atoms with Crippen molar-refractivity contribution in [3.63, 3.8) is 0 Å². The molecule has 2 aliphatic carbocycles. The van der Waals surface area contributed by atoms with Crippen molar-refractivity contribution in [2.75, 3.05) is 4.90 Å². The van der Waals surface area contributed by atoms with Gasteiger partial charge in [-0.05, 0) is 102 Å². The first kappa shape index (κ1) is 33.3. The van der Waals surface area contributed by atoms with Gasteiger partial charge in [-0.2, -0.15) is 0 Å². The highest BCUT2D eigenvalue weighted by molar-refractivity contribution is 6.13. The van der Waals surface area contributed by atoms with E-state index in [4.69, 9.17) is 4.42 Å². The van der Waals surface area contributed by atoms with Crippen LogP contribution in [0.15, 0.2) is 180 Å². The van der Waals surface area contributed by atoms with E-state index in [2.05, 4.69) is 202 Å². The summed E-state index contributed by atoms with van der Waals surface area (Å²) in [5, 5.41) is 7.41. The van der Waals surface area contributed by atoms with Gasteiger partial charge < -0.3 is 9.32 Å². The molecule has 1 aromatic heterocycles.